The molecule has 0 aliphatic rings. The molecule has 0 saturated carbocycles. The van der Waals surface area contributed by atoms with Gasteiger partial charge in [0.1, 0.15) is 0 Å². The molecule has 22 heavy (non-hydrogen) atoms. The van der Waals surface area contributed by atoms with Crippen LogP contribution in [0.1, 0.15) is 23.1 Å². The Labute approximate surface area is 134 Å². The quantitative estimate of drug-likeness (QED) is 0.672. The molecule has 0 heterocycles. The molecule has 0 unspecified atom stereocenters. The lowest BCUT2D eigenvalue weighted by Crippen LogP contribution is -2.19. The summed E-state index contributed by atoms with van der Waals surface area (Å²) in [5, 5.41) is 11.3. The number of ether oxygens (including phenoxy) is 1. The Kier molecular flexibility index (Phi) is 5.36. The molecule has 2 aromatic rings. The third-order valence-corrected chi connectivity index (χ3v) is 3.76. The van der Waals surface area contributed by atoms with E-state index in [4.69, 9.17) is 16.3 Å². The zero-order chi connectivity index (χ0) is 16.1. The van der Waals surface area contributed by atoms with Gasteiger partial charge in [0, 0.05) is 16.5 Å². The summed E-state index contributed by atoms with van der Waals surface area (Å²) in [4.78, 5) is 11.9. The van der Waals surface area contributed by atoms with Crippen molar-refractivity contribution in [2.45, 2.75) is 12.0 Å². The maximum absolute atomic E-state index is 11.9. The van der Waals surface area contributed by atoms with Gasteiger partial charge >= 0.3 is 5.97 Å². The van der Waals surface area contributed by atoms with Gasteiger partial charge in [0.2, 0.25) is 0 Å². The number of aliphatic hydroxyl groups excluding tert-OH is 1. The fraction of sp³-hybridized carbons (Fsp3) is 0.167. The molecule has 0 fully saturated rings. The van der Waals surface area contributed by atoms with Gasteiger partial charge in [-0.15, -0.1) is 0 Å². The second-order valence-corrected chi connectivity index (χ2v) is 5.34. The van der Waals surface area contributed by atoms with Crippen molar-refractivity contribution >= 4 is 17.6 Å². The third-order valence-electron chi connectivity index (χ3n) is 3.51. The summed E-state index contributed by atoms with van der Waals surface area (Å²) in [7, 11) is 1.30. The Morgan fingerprint density at radius 2 is 1.68 bits per heavy atom. The molecular weight excluding hydrogens is 300 g/mol. The van der Waals surface area contributed by atoms with E-state index in [1.54, 1.807) is 24.3 Å². The molecule has 0 aromatic heterocycles. The molecule has 0 spiro atoms. The molecule has 2 rings (SSSR count). The van der Waals surface area contributed by atoms with E-state index in [9.17, 15) is 9.90 Å². The predicted octanol–water partition coefficient (Wildman–Crippen LogP) is 3.89. The lowest BCUT2D eigenvalue weighted by Gasteiger charge is -2.24. The van der Waals surface area contributed by atoms with Gasteiger partial charge in [0.05, 0.1) is 13.2 Å². The average Bonchev–Trinajstić information content (AvgIpc) is 2.55. The van der Waals surface area contributed by atoms with Crippen molar-refractivity contribution in [2.75, 3.05) is 7.11 Å². The van der Waals surface area contributed by atoms with Gasteiger partial charge in [-0.2, -0.15) is 0 Å². The first-order valence-electron chi connectivity index (χ1n) is 6.80. The summed E-state index contributed by atoms with van der Waals surface area (Å²) in [5.74, 6) is -1.13. The second kappa shape index (κ2) is 7.25. The number of esters is 1. The maximum Gasteiger partial charge on any atom is 0.333 e. The highest BCUT2D eigenvalue weighted by Gasteiger charge is 2.29. The van der Waals surface area contributed by atoms with Crippen molar-refractivity contribution < 1.29 is 14.6 Å². The molecular formula is C18H17ClO3. The van der Waals surface area contributed by atoms with Crippen molar-refractivity contribution in [3.05, 3.63) is 82.9 Å². The maximum atomic E-state index is 11.9. The minimum atomic E-state index is -0.925. The van der Waals surface area contributed by atoms with Crippen LogP contribution in [0.3, 0.4) is 0 Å². The minimum Gasteiger partial charge on any atom is -0.466 e. The van der Waals surface area contributed by atoms with E-state index in [-0.39, 0.29) is 5.57 Å². The van der Waals surface area contributed by atoms with E-state index in [1.807, 2.05) is 30.3 Å². The van der Waals surface area contributed by atoms with Gasteiger partial charge in [-0.1, -0.05) is 60.6 Å². The highest BCUT2D eigenvalue weighted by Crippen LogP contribution is 2.36. The van der Waals surface area contributed by atoms with Gasteiger partial charge in [-0.3, -0.25) is 0 Å². The standard InChI is InChI=1S/C18H17ClO3/c1-12(18(21)22-2)16(13-6-4-3-5-7-13)17(20)14-8-10-15(19)11-9-14/h3-11,16-17,20H,1H2,2H3/t16-,17+/m1/s1. The van der Waals surface area contributed by atoms with Gasteiger partial charge in [0.25, 0.3) is 0 Å². The van der Waals surface area contributed by atoms with Gasteiger partial charge in [-0.05, 0) is 23.3 Å². The zero-order valence-electron chi connectivity index (χ0n) is 12.2. The van der Waals surface area contributed by atoms with E-state index in [0.717, 1.165) is 5.56 Å². The fourth-order valence-corrected chi connectivity index (χ4v) is 2.47. The molecule has 1 N–H and O–H groups in total. The van der Waals surface area contributed by atoms with Crippen LogP contribution in [0.25, 0.3) is 0 Å². The molecule has 114 valence electrons. The van der Waals surface area contributed by atoms with Crippen LogP contribution >= 0.6 is 11.6 Å². The number of halogens is 1. The summed E-state index contributed by atoms with van der Waals surface area (Å²) in [6, 6.07) is 16.1. The predicted molar refractivity (Wildman–Crippen MR) is 86.8 cm³/mol. The number of methoxy groups -OCH3 is 1. The Balaban J connectivity index is 2.41. The fourth-order valence-electron chi connectivity index (χ4n) is 2.34. The van der Waals surface area contributed by atoms with Gasteiger partial charge < -0.3 is 9.84 Å². The third kappa shape index (κ3) is 3.56. The lowest BCUT2D eigenvalue weighted by atomic mass is 9.84. The number of carbonyl (C=O) groups excluding carboxylic acids is 1. The van der Waals surface area contributed by atoms with Crippen molar-refractivity contribution in [2.24, 2.45) is 0 Å². The highest BCUT2D eigenvalue weighted by atomic mass is 35.5. The summed E-state index contributed by atoms with van der Waals surface area (Å²) in [5.41, 5.74) is 1.65. The summed E-state index contributed by atoms with van der Waals surface area (Å²) >= 11 is 5.88. The molecule has 0 radical (unpaired) electrons. The molecule has 0 saturated heterocycles. The molecule has 4 heteroatoms. The molecule has 0 aliphatic heterocycles. The van der Waals surface area contributed by atoms with Gasteiger partial charge in [-0.25, -0.2) is 4.79 Å². The summed E-state index contributed by atoms with van der Waals surface area (Å²) in [6.45, 7) is 3.81. The molecule has 0 amide bonds. The van der Waals surface area contributed by atoms with Gasteiger partial charge in [0.15, 0.2) is 0 Å². The lowest BCUT2D eigenvalue weighted by molar-refractivity contribution is -0.136. The van der Waals surface area contributed by atoms with Crippen LogP contribution in [0.2, 0.25) is 5.02 Å². The number of rotatable bonds is 5. The van der Waals surface area contributed by atoms with Crippen molar-refractivity contribution in [1.29, 1.82) is 0 Å². The van der Waals surface area contributed by atoms with E-state index >= 15 is 0 Å². The van der Waals surface area contributed by atoms with E-state index in [1.165, 1.54) is 7.11 Å². The second-order valence-electron chi connectivity index (χ2n) is 4.90. The number of hydrogen-bond acceptors (Lipinski definition) is 3. The first-order chi connectivity index (χ1) is 10.5. The topological polar surface area (TPSA) is 46.5 Å². The molecule has 2 atom stereocenters. The summed E-state index contributed by atoms with van der Waals surface area (Å²) < 4.78 is 4.75. The Bertz CT molecular complexity index is 650. The van der Waals surface area contributed by atoms with Crippen LogP contribution in [-0.2, 0) is 9.53 Å². The molecule has 0 aliphatic carbocycles. The van der Waals surface area contributed by atoms with Crippen LogP contribution in [0.5, 0.6) is 0 Å². The van der Waals surface area contributed by atoms with E-state index < -0.39 is 18.0 Å². The first kappa shape index (κ1) is 16.3. The highest BCUT2D eigenvalue weighted by molar-refractivity contribution is 6.30. The minimum absolute atomic E-state index is 0.205. The molecule has 2 aromatic carbocycles. The van der Waals surface area contributed by atoms with Crippen LogP contribution in [0.4, 0.5) is 0 Å². The van der Waals surface area contributed by atoms with Crippen LogP contribution in [0.15, 0.2) is 66.7 Å². The SMILES string of the molecule is C=C(C(=O)OC)[C@H](c1ccccc1)[C@@H](O)c1ccc(Cl)cc1. The Morgan fingerprint density at radius 1 is 1.09 bits per heavy atom. The monoisotopic (exact) mass is 316 g/mol. The average molecular weight is 317 g/mol. The Hall–Kier alpha value is -2.10. The van der Waals surface area contributed by atoms with Crippen LogP contribution in [-0.4, -0.2) is 18.2 Å². The molecule has 3 nitrogen and oxygen atoms in total. The Morgan fingerprint density at radius 3 is 2.23 bits per heavy atom. The van der Waals surface area contributed by atoms with Crippen molar-refractivity contribution in [3.8, 4) is 0 Å². The smallest absolute Gasteiger partial charge is 0.333 e. The number of aliphatic hydroxyl groups is 1. The molecule has 0 bridgehead atoms. The van der Waals surface area contributed by atoms with Crippen molar-refractivity contribution in [3.63, 3.8) is 0 Å². The van der Waals surface area contributed by atoms with E-state index in [0.29, 0.717) is 10.6 Å². The van der Waals surface area contributed by atoms with Crippen LogP contribution < -0.4 is 0 Å². The van der Waals surface area contributed by atoms with E-state index in [2.05, 4.69) is 6.58 Å². The zero-order valence-corrected chi connectivity index (χ0v) is 13.0. The van der Waals surface area contributed by atoms with Crippen LogP contribution in [0, 0.1) is 0 Å². The number of benzene rings is 2. The number of hydrogen-bond donors (Lipinski definition) is 1. The number of carbonyl (C=O) groups is 1. The summed E-state index contributed by atoms with van der Waals surface area (Å²) in [6.07, 6.45) is -0.925. The first-order valence-corrected chi connectivity index (χ1v) is 7.18. The van der Waals surface area contributed by atoms with Crippen molar-refractivity contribution in [1.82, 2.24) is 0 Å². The largest absolute Gasteiger partial charge is 0.466 e. The normalized spacial score (nSPS) is 13.2.